The Morgan fingerprint density at radius 2 is 2.23 bits per heavy atom. The number of rotatable bonds is 5. The van der Waals surface area contributed by atoms with Gasteiger partial charge in [0.2, 0.25) is 0 Å². The normalized spacial score (nSPS) is 11.1. The summed E-state index contributed by atoms with van der Waals surface area (Å²) in [6, 6.07) is 4.51. The molecular weight excluding hydrogens is 360 g/mol. The number of thiazole rings is 1. The molecule has 26 heavy (non-hydrogen) atoms. The summed E-state index contributed by atoms with van der Waals surface area (Å²) in [5.74, 6) is -0.848. The van der Waals surface area contributed by atoms with Crippen LogP contribution in [0.3, 0.4) is 0 Å². The molecule has 3 N–H and O–H groups in total. The van der Waals surface area contributed by atoms with Crippen molar-refractivity contribution in [3.05, 3.63) is 47.5 Å². The summed E-state index contributed by atoms with van der Waals surface area (Å²) in [7, 11) is 1.29. The quantitative estimate of drug-likeness (QED) is 0.450. The summed E-state index contributed by atoms with van der Waals surface area (Å²) < 4.78 is 5.56. The zero-order valence-electron chi connectivity index (χ0n) is 13.7. The minimum absolute atomic E-state index is 0.250. The number of aromatic nitrogens is 3. The summed E-state index contributed by atoms with van der Waals surface area (Å²) in [5.41, 5.74) is 3.66. The van der Waals surface area contributed by atoms with E-state index in [4.69, 9.17) is 14.6 Å². The van der Waals surface area contributed by atoms with Crippen molar-refractivity contribution < 1.29 is 24.2 Å². The molecule has 0 fully saturated rings. The lowest BCUT2D eigenvalue weighted by Crippen LogP contribution is -2.43. The number of nitrogens with zero attached hydrogens (tertiary/aromatic N) is 2. The highest BCUT2D eigenvalue weighted by molar-refractivity contribution is 7.17. The summed E-state index contributed by atoms with van der Waals surface area (Å²) in [6.45, 7) is -0.250. The molecular formula is C16H16N4O5S. The molecule has 0 radical (unpaired) electrons. The molecule has 0 unspecified atom stereocenters. The van der Waals surface area contributed by atoms with Gasteiger partial charge in [-0.3, -0.25) is 9.59 Å². The molecule has 10 heteroatoms. The molecule has 0 saturated heterocycles. The number of carbonyl (C=O) groups is 3. The van der Waals surface area contributed by atoms with Gasteiger partial charge in [0.25, 0.3) is 12.4 Å². The molecule has 2 heterocycles. The van der Waals surface area contributed by atoms with Gasteiger partial charge in [-0.25, -0.2) is 14.8 Å². The van der Waals surface area contributed by atoms with Crippen LogP contribution in [-0.4, -0.2) is 51.6 Å². The minimum Gasteiger partial charge on any atom is -0.483 e. The number of methoxy groups -OCH3 is 1. The average molecular weight is 376 g/mol. The third-order valence-electron chi connectivity index (χ3n) is 3.37. The number of ether oxygens (including phenoxy) is 1. The largest absolute Gasteiger partial charge is 0.483 e. The van der Waals surface area contributed by atoms with Crippen LogP contribution in [0.25, 0.3) is 10.2 Å². The number of amides is 1. The summed E-state index contributed by atoms with van der Waals surface area (Å²) in [6.07, 6.45) is 3.40. The van der Waals surface area contributed by atoms with Gasteiger partial charge in [-0.05, 0) is 12.1 Å². The lowest BCUT2D eigenvalue weighted by Gasteiger charge is -2.16. The number of nitrogens with one attached hydrogen (secondary N) is 2. The third kappa shape index (κ3) is 4.63. The van der Waals surface area contributed by atoms with Gasteiger partial charge in [0.05, 0.1) is 34.7 Å². The topological polar surface area (TPSA) is 134 Å². The first-order chi connectivity index (χ1) is 12.6. The van der Waals surface area contributed by atoms with E-state index in [1.807, 2.05) is 6.07 Å². The van der Waals surface area contributed by atoms with Crippen molar-refractivity contribution in [1.82, 2.24) is 20.3 Å². The van der Waals surface area contributed by atoms with Gasteiger partial charge in [-0.2, -0.15) is 0 Å². The predicted molar refractivity (Wildman–Crippen MR) is 93.9 cm³/mol. The maximum absolute atomic E-state index is 12.6. The zero-order valence-corrected chi connectivity index (χ0v) is 14.5. The number of imidazole rings is 1. The number of H-pyrrole nitrogens is 1. The van der Waals surface area contributed by atoms with E-state index in [0.717, 1.165) is 15.9 Å². The van der Waals surface area contributed by atoms with Gasteiger partial charge >= 0.3 is 5.97 Å². The summed E-state index contributed by atoms with van der Waals surface area (Å²) >= 11 is 1.38. The SMILES string of the molecule is COC(=O)[C@H](Cc1cnc[nH]1)NC(=O)c1cccc2ncsc12.O=CO. The highest BCUT2D eigenvalue weighted by Gasteiger charge is 2.24. The smallest absolute Gasteiger partial charge is 0.328 e. The van der Waals surface area contributed by atoms with E-state index >= 15 is 0 Å². The van der Waals surface area contributed by atoms with Crippen LogP contribution in [0.2, 0.25) is 0 Å². The molecule has 9 nitrogen and oxygen atoms in total. The standard InChI is InChI=1S/C15H14N4O3S.CH2O2/c1-22-15(21)12(5-9-6-16-7-17-9)19-14(20)10-3-2-4-11-13(10)23-8-18-11;2-1-3/h2-4,6-8,12H,5H2,1H3,(H,16,17)(H,19,20);1H,(H,2,3)/t12-;/m0./s1. The van der Waals surface area contributed by atoms with E-state index in [1.54, 1.807) is 23.8 Å². The van der Waals surface area contributed by atoms with Gasteiger partial charge in [0, 0.05) is 18.3 Å². The van der Waals surface area contributed by atoms with Gasteiger partial charge in [0.15, 0.2) is 0 Å². The Bertz CT molecular complexity index is 878. The highest BCUT2D eigenvalue weighted by atomic mass is 32.1. The first-order valence-corrected chi connectivity index (χ1v) is 8.24. The molecule has 0 aliphatic heterocycles. The number of hydrogen-bond donors (Lipinski definition) is 3. The highest BCUT2D eigenvalue weighted by Crippen LogP contribution is 2.22. The maximum Gasteiger partial charge on any atom is 0.328 e. The van der Waals surface area contributed by atoms with Crippen LogP contribution >= 0.6 is 11.3 Å². The molecule has 3 aromatic rings. The Hall–Kier alpha value is -3.27. The van der Waals surface area contributed by atoms with Crippen molar-refractivity contribution in [1.29, 1.82) is 0 Å². The first-order valence-electron chi connectivity index (χ1n) is 7.36. The van der Waals surface area contributed by atoms with Crippen LogP contribution in [0.4, 0.5) is 0 Å². The Morgan fingerprint density at radius 1 is 1.46 bits per heavy atom. The van der Waals surface area contributed by atoms with E-state index < -0.39 is 12.0 Å². The molecule has 1 atom stereocenters. The van der Waals surface area contributed by atoms with Crippen LogP contribution < -0.4 is 5.32 Å². The van der Waals surface area contributed by atoms with Gasteiger partial charge in [0.1, 0.15) is 6.04 Å². The molecule has 0 aliphatic carbocycles. The molecule has 0 aliphatic rings. The number of aromatic amines is 1. The van der Waals surface area contributed by atoms with Crippen LogP contribution in [0.1, 0.15) is 16.1 Å². The second kappa shape index (κ2) is 9.28. The second-order valence-electron chi connectivity index (χ2n) is 4.94. The van der Waals surface area contributed by atoms with E-state index in [-0.39, 0.29) is 18.8 Å². The van der Waals surface area contributed by atoms with Crippen molar-refractivity contribution in [2.24, 2.45) is 0 Å². The number of fused-ring (bicyclic) bond motifs is 1. The van der Waals surface area contributed by atoms with Gasteiger partial charge < -0.3 is 20.1 Å². The molecule has 136 valence electrons. The van der Waals surface area contributed by atoms with Crippen LogP contribution in [-0.2, 0) is 20.7 Å². The lowest BCUT2D eigenvalue weighted by atomic mass is 10.1. The maximum atomic E-state index is 12.6. The summed E-state index contributed by atoms with van der Waals surface area (Å²) in [4.78, 5) is 43.8. The van der Waals surface area contributed by atoms with Crippen molar-refractivity contribution in [3.8, 4) is 0 Å². The van der Waals surface area contributed by atoms with E-state index in [2.05, 4.69) is 20.3 Å². The minimum atomic E-state index is -0.795. The number of benzene rings is 1. The second-order valence-corrected chi connectivity index (χ2v) is 5.80. The van der Waals surface area contributed by atoms with E-state index in [9.17, 15) is 9.59 Å². The molecule has 2 aromatic heterocycles. The molecule has 3 rings (SSSR count). The Balaban J connectivity index is 0.000000758. The third-order valence-corrected chi connectivity index (χ3v) is 4.25. The molecule has 0 bridgehead atoms. The fourth-order valence-corrected chi connectivity index (χ4v) is 3.05. The van der Waals surface area contributed by atoms with Crippen molar-refractivity contribution >= 4 is 39.9 Å². The van der Waals surface area contributed by atoms with Crippen molar-refractivity contribution in [2.75, 3.05) is 7.11 Å². The van der Waals surface area contributed by atoms with E-state index in [0.29, 0.717) is 5.56 Å². The van der Waals surface area contributed by atoms with Gasteiger partial charge in [-0.1, -0.05) is 6.07 Å². The Morgan fingerprint density at radius 3 is 2.88 bits per heavy atom. The first kappa shape index (κ1) is 19.1. The van der Waals surface area contributed by atoms with Gasteiger partial charge in [-0.15, -0.1) is 11.3 Å². The fourth-order valence-electron chi connectivity index (χ4n) is 2.25. The zero-order chi connectivity index (χ0) is 18.9. The Labute approximate surface area is 152 Å². The number of hydrogen-bond acceptors (Lipinski definition) is 7. The van der Waals surface area contributed by atoms with Crippen LogP contribution in [0.5, 0.6) is 0 Å². The molecule has 1 aromatic carbocycles. The van der Waals surface area contributed by atoms with Crippen molar-refractivity contribution in [2.45, 2.75) is 12.5 Å². The molecule has 1 amide bonds. The number of carbonyl (C=O) groups excluding carboxylic acids is 2. The molecule has 0 saturated carbocycles. The van der Waals surface area contributed by atoms with Crippen LogP contribution in [0.15, 0.2) is 36.2 Å². The number of carboxylic acid groups (broad SMARTS) is 1. The monoisotopic (exact) mass is 376 g/mol. The Kier molecular flexibility index (Phi) is 6.80. The predicted octanol–water partition coefficient (Wildman–Crippen LogP) is 1.23. The lowest BCUT2D eigenvalue weighted by molar-refractivity contribution is -0.142. The summed E-state index contributed by atoms with van der Waals surface area (Å²) in [5, 5.41) is 9.61. The van der Waals surface area contributed by atoms with E-state index in [1.165, 1.54) is 24.8 Å². The average Bonchev–Trinajstić information content (AvgIpc) is 3.32. The van der Waals surface area contributed by atoms with Crippen LogP contribution in [0, 0.1) is 0 Å². The fraction of sp³-hybridized carbons (Fsp3) is 0.188. The number of esters is 1. The van der Waals surface area contributed by atoms with Crippen molar-refractivity contribution in [3.63, 3.8) is 0 Å². The molecule has 0 spiro atoms.